The fourth-order valence-corrected chi connectivity index (χ4v) is 3.53. The molecule has 2 heterocycles. The van der Waals surface area contributed by atoms with Gasteiger partial charge in [-0.1, -0.05) is 29.8 Å². The van der Waals surface area contributed by atoms with Crippen molar-refractivity contribution in [3.05, 3.63) is 42.0 Å². The molecule has 1 N–H and O–H groups in total. The molecule has 0 aromatic heterocycles. The molecule has 1 spiro atoms. The molecular formula is C20H26N2O3. The van der Waals surface area contributed by atoms with Crippen LogP contribution in [0.15, 0.2) is 42.0 Å². The first kappa shape index (κ1) is 17.7. The highest BCUT2D eigenvalue weighted by Gasteiger charge is 2.36. The molecule has 2 aliphatic heterocycles. The Morgan fingerprint density at radius 1 is 1.16 bits per heavy atom. The summed E-state index contributed by atoms with van der Waals surface area (Å²) in [7, 11) is 0. The lowest BCUT2D eigenvalue weighted by Crippen LogP contribution is -2.48. The summed E-state index contributed by atoms with van der Waals surface area (Å²) < 4.78 is 5.99. The Labute approximate surface area is 149 Å². The summed E-state index contributed by atoms with van der Waals surface area (Å²) in [6, 6.07) is 9.31. The van der Waals surface area contributed by atoms with Gasteiger partial charge in [0.2, 0.25) is 11.8 Å². The quantitative estimate of drug-likeness (QED) is 0.855. The van der Waals surface area contributed by atoms with Crippen molar-refractivity contribution in [1.29, 1.82) is 0 Å². The van der Waals surface area contributed by atoms with Crippen LogP contribution in [0, 0.1) is 0 Å². The van der Waals surface area contributed by atoms with Gasteiger partial charge in [0.25, 0.3) is 0 Å². The molecule has 5 heteroatoms. The Bertz CT molecular complexity index is 646. The number of benzene rings is 1. The highest BCUT2D eigenvalue weighted by atomic mass is 16.5. The second-order valence-electron chi connectivity index (χ2n) is 6.95. The predicted molar refractivity (Wildman–Crippen MR) is 97.2 cm³/mol. The summed E-state index contributed by atoms with van der Waals surface area (Å²) in [5.74, 6) is -0.0724. The molecular weight excluding hydrogens is 316 g/mol. The minimum absolute atomic E-state index is 0.0505. The Kier molecular flexibility index (Phi) is 5.53. The van der Waals surface area contributed by atoms with Crippen molar-refractivity contribution in [3.8, 4) is 0 Å². The number of nitrogens with one attached hydrogen (secondary N) is 1. The largest absolute Gasteiger partial charge is 0.370 e. The molecule has 0 saturated carbocycles. The zero-order valence-corrected chi connectivity index (χ0v) is 14.8. The van der Waals surface area contributed by atoms with Crippen LogP contribution in [-0.2, 0) is 14.3 Å². The van der Waals surface area contributed by atoms with E-state index in [4.69, 9.17) is 4.74 Å². The summed E-state index contributed by atoms with van der Waals surface area (Å²) in [6.07, 6.45) is 5.39. The molecule has 0 aliphatic carbocycles. The summed E-state index contributed by atoms with van der Waals surface area (Å²) in [5.41, 5.74) is 1.96. The van der Waals surface area contributed by atoms with Crippen LogP contribution in [0.5, 0.6) is 0 Å². The van der Waals surface area contributed by atoms with Crippen molar-refractivity contribution in [3.63, 3.8) is 0 Å². The first-order valence-corrected chi connectivity index (χ1v) is 9.01. The van der Waals surface area contributed by atoms with Gasteiger partial charge in [0.15, 0.2) is 0 Å². The molecule has 1 aromatic rings. The lowest BCUT2D eigenvalue weighted by molar-refractivity contribution is -0.137. The van der Waals surface area contributed by atoms with Crippen molar-refractivity contribution in [2.45, 2.75) is 44.6 Å². The van der Waals surface area contributed by atoms with Gasteiger partial charge >= 0.3 is 0 Å². The van der Waals surface area contributed by atoms with E-state index < -0.39 is 0 Å². The molecule has 0 atom stereocenters. The highest BCUT2D eigenvalue weighted by molar-refractivity contribution is 5.93. The maximum Gasteiger partial charge on any atom is 0.224 e. The van der Waals surface area contributed by atoms with E-state index in [1.54, 1.807) is 0 Å². The van der Waals surface area contributed by atoms with Crippen molar-refractivity contribution in [2.75, 3.05) is 25.0 Å². The average Bonchev–Trinajstić information content (AvgIpc) is 2.61. The number of hydrogen-bond donors (Lipinski definition) is 1. The lowest BCUT2D eigenvalue weighted by Gasteiger charge is -2.42. The molecule has 1 aromatic carbocycles. The van der Waals surface area contributed by atoms with Gasteiger partial charge in [-0.15, -0.1) is 0 Å². The Hall–Kier alpha value is -2.14. The number of ether oxygens (including phenoxy) is 1. The minimum Gasteiger partial charge on any atom is -0.370 e. The Morgan fingerprint density at radius 2 is 1.88 bits per heavy atom. The first-order chi connectivity index (χ1) is 12.1. The zero-order valence-electron chi connectivity index (χ0n) is 14.8. The fourth-order valence-electron chi connectivity index (χ4n) is 3.53. The highest BCUT2D eigenvalue weighted by Crippen LogP contribution is 2.33. The number of hydrogen-bond acceptors (Lipinski definition) is 3. The van der Waals surface area contributed by atoms with Crippen LogP contribution in [-0.4, -0.2) is 42.0 Å². The van der Waals surface area contributed by atoms with E-state index in [9.17, 15) is 9.59 Å². The third kappa shape index (κ3) is 4.69. The molecule has 2 amide bonds. The molecule has 5 nitrogen and oxygen atoms in total. The molecule has 0 unspecified atom stereocenters. The maximum atomic E-state index is 12.4. The van der Waals surface area contributed by atoms with Crippen molar-refractivity contribution in [2.24, 2.45) is 0 Å². The van der Waals surface area contributed by atoms with Gasteiger partial charge in [0.1, 0.15) is 0 Å². The van der Waals surface area contributed by atoms with E-state index in [0.717, 1.165) is 31.6 Å². The smallest absolute Gasteiger partial charge is 0.224 e. The molecule has 3 rings (SSSR count). The lowest BCUT2D eigenvalue weighted by atomic mass is 9.87. The van der Waals surface area contributed by atoms with Crippen molar-refractivity contribution < 1.29 is 14.3 Å². The van der Waals surface area contributed by atoms with E-state index in [2.05, 4.69) is 18.3 Å². The normalized spacial score (nSPS) is 19.4. The molecule has 2 aliphatic rings. The number of rotatable bonds is 4. The van der Waals surface area contributed by atoms with Crippen molar-refractivity contribution in [1.82, 2.24) is 4.90 Å². The van der Waals surface area contributed by atoms with Crippen LogP contribution in [0.25, 0.3) is 0 Å². The Balaban J connectivity index is 1.44. The zero-order chi connectivity index (χ0) is 17.7. The topological polar surface area (TPSA) is 58.6 Å². The predicted octanol–water partition coefficient (Wildman–Crippen LogP) is 3.13. The molecule has 134 valence electrons. The molecule has 0 radical (unpaired) electrons. The standard InChI is InChI=1S/C20H26N2O3/c1-16-9-14-25-20(15-16)10-12-22(13-11-20)19(24)8-7-18(23)21-17-5-3-2-4-6-17/h2-6,15H,7-14H2,1H3,(H,21,23). The van der Waals surface area contributed by atoms with E-state index in [-0.39, 0.29) is 30.3 Å². The molecule has 25 heavy (non-hydrogen) atoms. The van der Waals surface area contributed by atoms with Gasteiger partial charge in [0, 0.05) is 31.6 Å². The number of carbonyl (C=O) groups is 2. The first-order valence-electron chi connectivity index (χ1n) is 9.01. The Morgan fingerprint density at radius 3 is 2.56 bits per heavy atom. The van der Waals surface area contributed by atoms with Gasteiger partial charge in [-0.3, -0.25) is 9.59 Å². The summed E-state index contributed by atoms with van der Waals surface area (Å²) in [6.45, 7) is 4.31. The van der Waals surface area contributed by atoms with Crippen molar-refractivity contribution >= 4 is 17.5 Å². The van der Waals surface area contributed by atoms with E-state index >= 15 is 0 Å². The van der Waals surface area contributed by atoms with Crippen LogP contribution in [0.4, 0.5) is 5.69 Å². The number of carbonyl (C=O) groups excluding carboxylic acids is 2. The average molecular weight is 342 g/mol. The van der Waals surface area contributed by atoms with Crippen LogP contribution < -0.4 is 5.32 Å². The number of piperidine rings is 1. The van der Waals surface area contributed by atoms with E-state index in [0.29, 0.717) is 13.1 Å². The number of para-hydroxylation sites is 1. The summed E-state index contributed by atoms with van der Waals surface area (Å²) in [5, 5.41) is 2.81. The summed E-state index contributed by atoms with van der Waals surface area (Å²) in [4.78, 5) is 26.2. The SMILES string of the molecule is CC1=CC2(CCN(C(=O)CCC(=O)Nc3ccccc3)CC2)OCC1. The second-order valence-corrected chi connectivity index (χ2v) is 6.95. The fraction of sp³-hybridized carbons (Fsp3) is 0.500. The minimum atomic E-state index is -0.177. The van der Waals surface area contributed by atoms with Gasteiger partial charge < -0.3 is 15.0 Å². The van der Waals surface area contributed by atoms with Crippen LogP contribution in [0.2, 0.25) is 0 Å². The second kappa shape index (κ2) is 7.83. The van der Waals surface area contributed by atoms with Crippen LogP contribution >= 0.6 is 0 Å². The number of amides is 2. The summed E-state index contributed by atoms with van der Waals surface area (Å²) >= 11 is 0. The number of anilines is 1. The third-order valence-corrected chi connectivity index (χ3v) is 4.98. The van der Waals surface area contributed by atoms with Crippen LogP contribution in [0.1, 0.15) is 39.0 Å². The van der Waals surface area contributed by atoms with Crippen LogP contribution in [0.3, 0.4) is 0 Å². The molecule has 0 bridgehead atoms. The number of likely N-dealkylation sites (tertiary alicyclic amines) is 1. The van der Waals surface area contributed by atoms with Gasteiger partial charge in [-0.25, -0.2) is 0 Å². The third-order valence-electron chi connectivity index (χ3n) is 4.98. The van der Waals surface area contributed by atoms with Gasteiger partial charge in [-0.2, -0.15) is 0 Å². The monoisotopic (exact) mass is 342 g/mol. The van der Waals surface area contributed by atoms with Gasteiger partial charge in [-0.05, 0) is 38.3 Å². The molecule has 1 saturated heterocycles. The van der Waals surface area contributed by atoms with E-state index in [1.165, 1.54) is 5.57 Å². The maximum absolute atomic E-state index is 12.4. The van der Waals surface area contributed by atoms with E-state index in [1.807, 2.05) is 35.2 Å². The van der Waals surface area contributed by atoms with Gasteiger partial charge in [0.05, 0.1) is 12.2 Å². The molecule has 1 fully saturated rings. The number of nitrogens with zero attached hydrogens (tertiary/aromatic N) is 1.